The number of aromatic amines is 2. The molecule has 0 aliphatic rings. The summed E-state index contributed by atoms with van der Waals surface area (Å²) in [6, 6.07) is 11.5. The minimum atomic E-state index is -0.314. The highest BCUT2D eigenvalue weighted by atomic mass is 16.1. The fourth-order valence-corrected chi connectivity index (χ4v) is 2.20. The second kappa shape index (κ2) is 6.39. The van der Waals surface area contributed by atoms with Crippen molar-refractivity contribution in [2.45, 2.75) is 19.8 Å². The number of azo groups is 1. The normalized spacial score (nSPS) is 11.4. The van der Waals surface area contributed by atoms with Crippen LogP contribution < -0.4 is 5.56 Å². The molecule has 0 saturated carbocycles. The Bertz CT molecular complexity index is 860. The maximum atomic E-state index is 11.9. The Kier molecular flexibility index (Phi) is 4.14. The summed E-state index contributed by atoms with van der Waals surface area (Å²) in [4.78, 5) is 16.0. The van der Waals surface area contributed by atoms with Gasteiger partial charge in [0.1, 0.15) is 0 Å². The van der Waals surface area contributed by atoms with E-state index in [1.165, 1.54) is 5.56 Å². The standard InChI is InChI=1S/C17H17N5O/c1-11(2)12-5-7-14(8-6-12)19-21-16-15(20-22-17(16)23)13-4-3-9-18-10-13/h3-11H,1-2H3,(H2,20,22,23). The van der Waals surface area contributed by atoms with Crippen LogP contribution in [0.2, 0.25) is 0 Å². The third kappa shape index (κ3) is 3.26. The molecule has 6 heteroatoms. The van der Waals surface area contributed by atoms with Gasteiger partial charge in [-0.1, -0.05) is 26.0 Å². The number of rotatable bonds is 4. The van der Waals surface area contributed by atoms with Crippen LogP contribution in [0.1, 0.15) is 25.3 Å². The van der Waals surface area contributed by atoms with E-state index >= 15 is 0 Å². The van der Waals surface area contributed by atoms with E-state index in [1.54, 1.807) is 18.5 Å². The second-order valence-electron chi connectivity index (χ2n) is 5.49. The molecule has 2 N–H and O–H groups in total. The van der Waals surface area contributed by atoms with E-state index in [4.69, 9.17) is 0 Å². The number of nitrogens with zero attached hydrogens (tertiary/aromatic N) is 3. The van der Waals surface area contributed by atoms with Gasteiger partial charge in [0.2, 0.25) is 0 Å². The molecule has 0 fully saturated rings. The lowest BCUT2D eigenvalue weighted by Gasteiger charge is -2.03. The first-order valence-corrected chi connectivity index (χ1v) is 7.38. The molecule has 0 saturated heterocycles. The predicted octanol–water partition coefficient (Wildman–Crippen LogP) is 4.30. The van der Waals surface area contributed by atoms with Gasteiger partial charge in [-0.2, -0.15) is 5.11 Å². The van der Waals surface area contributed by atoms with Gasteiger partial charge in [0, 0.05) is 18.0 Å². The molecule has 23 heavy (non-hydrogen) atoms. The van der Waals surface area contributed by atoms with E-state index in [1.807, 2.05) is 30.3 Å². The molecule has 2 aromatic heterocycles. The molecule has 116 valence electrons. The van der Waals surface area contributed by atoms with E-state index in [9.17, 15) is 4.79 Å². The van der Waals surface area contributed by atoms with Crippen molar-refractivity contribution >= 4 is 11.4 Å². The molecular formula is C17H17N5O. The molecule has 0 aliphatic carbocycles. The van der Waals surface area contributed by atoms with Crippen molar-refractivity contribution in [2.24, 2.45) is 10.2 Å². The van der Waals surface area contributed by atoms with Gasteiger partial charge in [-0.15, -0.1) is 5.11 Å². The Morgan fingerprint density at radius 2 is 1.83 bits per heavy atom. The second-order valence-corrected chi connectivity index (χ2v) is 5.49. The monoisotopic (exact) mass is 307 g/mol. The number of aromatic nitrogens is 3. The van der Waals surface area contributed by atoms with Crippen LogP contribution in [-0.2, 0) is 0 Å². The van der Waals surface area contributed by atoms with Crippen LogP contribution in [0, 0.1) is 0 Å². The van der Waals surface area contributed by atoms with Gasteiger partial charge >= 0.3 is 0 Å². The fourth-order valence-electron chi connectivity index (χ4n) is 2.20. The lowest BCUT2D eigenvalue weighted by molar-refractivity contribution is 0.866. The third-order valence-corrected chi connectivity index (χ3v) is 3.53. The molecule has 0 atom stereocenters. The van der Waals surface area contributed by atoms with Crippen molar-refractivity contribution in [2.75, 3.05) is 0 Å². The van der Waals surface area contributed by atoms with Gasteiger partial charge < -0.3 is 0 Å². The first-order chi connectivity index (χ1) is 11.1. The minimum absolute atomic E-state index is 0.242. The first-order valence-electron chi connectivity index (χ1n) is 7.38. The Balaban J connectivity index is 1.91. The summed E-state index contributed by atoms with van der Waals surface area (Å²) in [5, 5.41) is 13.6. The molecule has 3 aromatic rings. The molecule has 0 radical (unpaired) electrons. The zero-order valence-electron chi connectivity index (χ0n) is 12.9. The van der Waals surface area contributed by atoms with Crippen LogP contribution in [0.15, 0.2) is 63.8 Å². The van der Waals surface area contributed by atoms with Crippen LogP contribution >= 0.6 is 0 Å². The topological polar surface area (TPSA) is 86.3 Å². The zero-order valence-corrected chi connectivity index (χ0v) is 12.9. The van der Waals surface area contributed by atoms with Gasteiger partial charge in [-0.05, 0) is 35.7 Å². The van der Waals surface area contributed by atoms with E-state index in [2.05, 4.69) is 39.3 Å². The molecule has 0 aliphatic heterocycles. The summed E-state index contributed by atoms with van der Waals surface area (Å²) in [7, 11) is 0. The average molecular weight is 307 g/mol. The van der Waals surface area contributed by atoms with Crippen molar-refractivity contribution < 1.29 is 0 Å². The minimum Gasteiger partial charge on any atom is -0.295 e. The van der Waals surface area contributed by atoms with Gasteiger partial charge in [0.05, 0.1) is 11.4 Å². The smallest absolute Gasteiger partial charge is 0.292 e. The molecular weight excluding hydrogens is 290 g/mol. The number of benzene rings is 1. The van der Waals surface area contributed by atoms with Crippen molar-refractivity contribution in [3.8, 4) is 11.3 Å². The molecule has 3 rings (SSSR count). The van der Waals surface area contributed by atoms with Crippen molar-refractivity contribution in [3.05, 3.63) is 64.7 Å². The Labute approximate surface area is 133 Å². The highest BCUT2D eigenvalue weighted by molar-refractivity contribution is 5.70. The quantitative estimate of drug-likeness (QED) is 0.704. The van der Waals surface area contributed by atoms with Crippen LogP contribution in [0.4, 0.5) is 11.4 Å². The lowest BCUT2D eigenvalue weighted by Crippen LogP contribution is -1.96. The average Bonchev–Trinajstić information content (AvgIpc) is 2.95. The molecule has 1 aromatic carbocycles. The van der Waals surface area contributed by atoms with Crippen molar-refractivity contribution in [3.63, 3.8) is 0 Å². The summed E-state index contributed by atoms with van der Waals surface area (Å²) in [6.07, 6.45) is 3.33. The number of pyridine rings is 1. The molecule has 0 bridgehead atoms. The summed E-state index contributed by atoms with van der Waals surface area (Å²) in [5.74, 6) is 0.464. The van der Waals surface area contributed by atoms with Gasteiger partial charge in [-0.3, -0.25) is 20.0 Å². The van der Waals surface area contributed by atoms with Crippen LogP contribution in [0.5, 0.6) is 0 Å². The number of nitrogens with one attached hydrogen (secondary N) is 2. The molecule has 0 spiro atoms. The van der Waals surface area contributed by atoms with E-state index in [-0.39, 0.29) is 11.2 Å². The molecule has 2 heterocycles. The van der Waals surface area contributed by atoms with Crippen LogP contribution in [0.25, 0.3) is 11.3 Å². The Morgan fingerprint density at radius 1 is 1.04 bits per heavy atom. The summed E-state index contributed by atoms with van der Waals surface area (Å²) >= 11 is 0. The maximum Gasteiger partial charge on any atom is 0.292 e. The van der Waals surface area contributed by atoms with Gasteiger partial charge in [0.15, 0.2) is 5.69 Å². The van der Waals surface area contributed by atoms with E-state index in [0.29, 0.717) is 17.3 Å². The first kappa shape index (κ1) is 14.9. The van der Waals surface area contributed by atoms with Crippen LogP contribution in [0.3, 0.4) is 0 Å². The van der Waals surface area contributed by atoms with Crippen molar-refractivity contribution in [1.29, 1.82) is 0 Å². The largest absolute Gasteiger partial charge is 0.295 e. The highest BCUT2D eigenvalue weighted by Crippen LogP contribution is 2.26. The molecule has 6 nitrogen and oxygen atoms in total. The molecule has 0 unspecified atom stereocenters. The zero-order chi connectivity index (χ0) is 16.2. The lowest BCUT2D eigenvalue weighted by atomic mass is 10.0. The number of hydrogen-bond acceptors (Lipinski definition) is 4. The van der Waals surface area contributed by atoms with E-state index < -0.39 is 0 Å². The predicted molar refractivity (Wildman–Crippen MR) is 89.4 cm³/mol. The van der Waals surface area contributed by atoms with Gasteiger partial charge in [-0.25, -0.2) is 0 Å². The van der Waals surface area contributed by atoms with Crippen LogP contribution in [-0.4, -0.2) is 15.2 Å². The number of hydrogen-bond donors (Lipinski definition) is 2. The van der Waals surface area contributed by atoms with Crippen molar-refractivity contribution in [1.82, 2.24) is 15.2 Å². The Hall–Kier alpha value is -3.02. The SMILES string of the molecule is CC(C)c1ccc(N=Nc2c(-c3cccnc3)[nH][nH]c2=O)cc1. The fraction of sp³-hybridized carbons (Fsp3) is 0.176. The third-order valence-electron chi connectivity index (χ3n) is 3.53. The Morgan fingerprint density at radius 3 is 2.48 bits per heavy atom. The summed E-state index contributed by atoms with van der Waals surface area (Å²) in [6.45, 7) is 4.27. The van der Waals surface area contributed by atoms with Gasteiger partial charge in [0.25, 0.3) is 5.56 Å². The highest BCUT2D eigenvalue weighted by Gasteiger charge is 2.11. The van der Waals surface area contributed by atoms with E-state index in [0.717, 1.165) is 5.56 Å². The number of H-pyrrole nitrogens is 2. The summed E-state index contributed by atoms with van der Waals surface area (Å²) < 4.78 is 0. The maximum absolute atomic E-state index is 11.9. The molecule has 0 amide bonds. The summed E-state index contributed by atoms with van der Waals surface area (Å²) in [5.41, 5.74) is 3.21.